The molecule has 0 amide bonds. The van der Waals surface area contributed by atoms with Crippen molar-refractivity contribution in [2.75, 3.05) is 14.1 Å². The molecule has 0 atom stereocenters. The first kappa shape index (κ1) is 19.8. The van der Waals surface area contributed by atoms with Gasteiger partial charge in [0.2, 0.25) is 0 Å². The molecule has 0 saturated heterocycles. The van der Waals surface area contributed by atoms with Gasteiger partial charge in [-0.2, -0.15) is 0 Å². The Balaban J connectivity index is 0.000000891. The van der Waals surface area contributed by atoms with Crippen LogP contribution in [0.1, 0.15) is 21.5 Å². The van der Waals surface area contributed by atoms with Gasteiger partial charge in [0, 0.05) is 28.1 Å². The number of carbonyl (C=O) groups excluding carboxylic acids is 2. The number of carbonyl (C=O) groups is 2. The van der Waals surface area contributed by atoms with Gasteiger partial charge in [-0.3, -0.25) is 4.79 Å². The topological polar surface area (TPSA) is 55.4 Å². The minimum atomic E-state index is -0.554. The van der Waals surface area contributed by atoms with Gasteiger partial charge in [0.05, 0.1) is 0 Å². The molecule has 0 aliphatic carbocycles. The second-order valence-electron chi connectivity index (χ2n) is 4.78. The first-order chi connectivity index (χ1) is 11.6. The molecule has 24 heavy (non-hydrogen) atoms. The van der Waals surface area contributed by atoms with E-state index in [-0.39, 0.29) is 5.78 Å². The van der Waals surface area contributed by atoms with Crippen molar-refractivity contribution < 1.29 is 14.3 Å². The van der Waals surface area contributed by atoms with Crippen LogP contribution in [0.2, 0.25) is 0 Å². The van der Waals surface area contributed by atoms with Crippen LogP contribution in [-0.4, -0.2) is 25.8 Å². The summed E-state index contributed by atoms with van der Waals surface area (Å²) >= 11 is 3.32. The number of hydrogen-bond acceptors (Lipinski definition) is 4. The number of rotatable bonds is 5. The molecule has 0 spiro atoms. The quantitative estimate of drug-likeness (QED) is 0.278. The van der Waals surface area contributed by atoms with Crippen LogP contribution in [0.25, 0.3) is 0 Å². The van der Waals surface area contributed by atoms with Gasteiger partial charge in [-0.05, 0) is 20.2 Å². The number of halogens is 1. The van der Waals surface area contributed by atoms with Crippen molar-refractivity contribution in [1.29, 1.82) is 0 Å². The normalized spacial score (nSPS) is 9.46. The standard InChI is InChI=1S/C17H13BrO3.C2H7N/c1-2-16(19)21-15-10-13(8-9-14(15)11-18)17(20)12-6-4-3-5-7-12;1-3-2/h2-10H,1,11H2;3H,1-2H3. The number of alkyl halides is 1. The zero-order chi connectivity index (χ0) is 17.9. The van der Waals surface area contributed by atoms with E-state index >= 15 is 0 Å². The van der Waals surface area contributed by atoms with Crippen LogP contribution < -0.4 is 10.1 Å². The van der Waals surface area contributed by atoms with Crippen LogP contribution >= 0.6 is 15.9 Å². The van der Waals surface area contributed by atoms with Gasteiger partial charge < -0.3 is 10.1 Å². The summed E-state index contributed by atoms with van der Waals surface area (Å²) in [6, 6.07) is 14.0. The van der Waals surface area contributed by atoms with E-state index in [4.69, 9.17) is 4.74 Å². The van der Waals surface area contributed by atoms with Crippen molar-refractivity contribution in [3.8, 4) is 5.75 Å². The fraction of sp³-hybridized carbons (Fsp3) is 0.158. The van der Waals surface area contributed by atoms with Gasteiger partial charge in [0.25, 0.3) is 0 Å². The largest absolute Gasteiger partial charge is 0.423 e. The van der Waals surface area contributed by atoms with Gasteiger partial charge in [0.15, 0.2) is 5.78 Å². The number of benzene rings is 2. The van der Waals surface area contributed by atoms with Crippen molar-refractivity contribution in [3.05, 3.63) is 77.9 Å². The van der Waals surface area contributed by atoms with Crippen molar-refractivity contribution in [3.63, 3.8) is 0 Å². The zero-order valence-electron chi connectivity index (χ0n) is 13.7. The molecule has 0 heterocycles. The van der Waals surface area contributed by atoms with Gasteiger partial charge in [-0.1, -0.05) is 65.0 Å². The summed E-state index contributed by atoms with van der Waals surface area (Å²) in [5.74, 6) is -0.312. The SMILES string of the molecule is C=CC(=O)Oc1cc(C(=O)c2ccccc2)ccc1CBr.CNC. The maximum absolute atomic E-state index is 12.4. The third-order valence-corrected chi connectivity index (χ3v) is 3.49. The molecule has 1 N–H and O–H groups in total. The Labute approximate surface area is 150 Å². The highest BCUT2D eigenvalue weighted by atomic mass is 79.9. The predicted octanol–water partition coefficient (Wildman–Crippen LogP) is 3.74. The first-order valence-corrected chi connectivity index (χ1v) is 8.40. The number of nitrogens with one attached hydrogen (secondary N) is 1. The number of ether oxygens (including phenoxy) is 1. The average Bonchev–Trinajstić information content (AvgIpc) is 2.62. The smallest absolute Gasteiger partial charge is 0.335 e. The number of esters is 1. The Bertz CT molecular complexity index is 699. The summed E-state index contributed by atoms with van der Waals surface area (Å²) in [5, 5.41) is 3.27. The Morgan fingerprint density at radius 1 is 1.12 bits per heavy atom. The average molecular weight is 390 g/mol. The van der Waals surface area contributed by atoms with E-state index in [0.717, 1.165) is 11.6 Å². The summed E-state index contributed by atoms with van der Waals surface area (Å²) in [7, 11) is 3.75. The van der Waals surface area contributed by atoms with Crippen molar-refractivity contribution in [1.82, 2.24) is 5.32 Å². The highest BCUT2D eigenvalue weighted by Crippen LogP contribution is 2.24. The Hall–Kier alpha value is -2.24. The fourth-order valence-corrected chi connectivity index (χ4v) is 2.27. The van der Waals surface area contributed by atoms with Crippen LogP contribution in [0, 0.1) is 0 Å². The van der Waals surface area contributed by atoms with Crippen molar-refractivity contribution in [2.45, 2.75) is 5.33 Å². The van der Waals surface area contributed by atoms with E-state index in [9.17, 15) is 9.59 Å². The van der Waals surface area contributed by atoms with Crippen LogP contribution in [0.4, 0.5) is 0 Å². The lowest BCUT2D eigenvalue weighted by atomic mass is 10.0. The summed E-state index contributed by atoms with van der Waals surface area (Å²) < 4.78 is 5.17. The van der Waals surface area contributed by atoms with E-state index in [1.54, 1.807) is 42.5 Å². The lowest BCUT2D eigenvalue weighted by Gasteiger charge is -2.09. The summed E-state index contributed by atoms with van der Waals surface area (Å²) in [6.45, 7) is 3.36. The second-order valence-corrected chi connectivity index (χ2v) is 5.34. The molecule has 4 nitrogen and oxygen atoms in total. The van der Waals surface area contributed by atoms with E-state index < -0.39 is 5.97 Å². The molecule has 0 aliphatic rings. The maximum atomic E-state index is 12.4. The third-order valence-electron chi connectivity index (χ3n) is 2.89. The van der Waals surface area contributed by atoms with Gasteiger partial charge in [-0.25, -0.2) is 4.79 Å². The molecule has 0 aromatic heterocycles. The van der Waals surface area contributed by atoms with Crippen LogP contribution in [0.15, 0.2) is 61.2 Å². The number of ketones is 1. The molecule has 0 unspecified atom stereocenters. The van der Waals surface area contributed by atoms with E-state index in [2.05, 4.69) is 27.8 Å². The molecular formula is C19H20BrNO3. The molecule has 5 heteroatoms. The van der Waals surface area contributed by atoms with Crippen LogP contribution in [-0.2, 0) is 10.1 Å². The molecule has 2 rings (SSSR count). The summed E-state index contributed by atoms with van der Waals surface area (Å²) in [5.41, 5.74) is 1.85. The number of hydrogen-bond donors (Lipinski definition) is 1. The van der Waals surface area contributed by atoms with Crippen LogP contribution in [0.5, 0.6) is 5.75 Å². The Morgan fingerprint density at radius 2 is 1.75 bits per heavy atom. The molecule has 0 fully saturated rings. The molecular weight excluding hydrogens is 370 g/mol. The maximum Gasteiger partial charge on any atom is 0.335 e. The minimum absolute atomic E-state index is 0.118. The van der Waals surface area contributed by atoms with E-state index in [1.165, 1.54) is 0 Å². The Kier molecular flexibility index (Phi) is 8.68. The molecule has 2 aromatic rings. The van der Waals surface area contributed by atoms with E-state index in [1.807, 2.05) is 20.2 Å². The van der Waals surface area contributed by atoms with E-state index in [0.29, 0.717) is 22.2 Å². The minimum Gasteiger partial charge on any atom is -0.423 e. The highest BCUT2D eigenvalue weighted by molar-refractivity contribution is 9.08. The van der Waals surface area contributed by atoms with Crippen molar-refractivity contribution in [2.24, 2.45) is 0 Å². The van der Waals surface area contributed by atoms with Crippen LogP contribution in [0.3, 0.4) is 0 Å². The monoisotopic (exact) mass is 389 g/mol. The summed E-state index contributed by atoms with van der Waals surface area (Å²) in [4.78, 5) is 23.7. The highest BCUT2D eigenvalue weighted by Gasteiger charge is 2.13. The molecule has 0 saturated carbocycles. The Morgan fingerprint density at radius 3 is 2.29 bits per heavy atom. The first-order valence-electron chi connectivity index (χ1n) is 7.28. The fourth-order valence-electron chi connectivity index (χ4n) is 1.81. The second kappa shape index (κ2) is 10.5. The molecule has 2 aromatic carbocycles. The zero-order valence-corrected chi connectivity index (χ0v) is 15.3. The van der Waals surface area contributed by atoms with Gasteiger partial charge in [0.1, 0.15) is 5.75 Å². The predicted molar refractivity (Wildman–Crippen MR) is 99.8 cm³/mol. The van der Waals surface area contributed by atoms with Gasteiger partial charge in [-0.15, -0.1) is 0 Å². The lowest BCUT2D eigenvalue weighted by Crippen LogP contribution is -2.07. The molecule has 0 aliphatic heterocycles. The molecule has 0 radical (unpaired) electrons. The lowest BCUT2D eigenvalue weighted by molar-refractivity contribution is -0.129. The third kappa shape index (κ3) is 5.76. The molecule has 0 bridgehead atoms. The van der Waals surface area contributed by atoms with Gasteiger partial charge >= 0.3 is 5.97 Å². The molecule has 126 valence electrons. The summed E-state index contributed by atoms with van der Waals surface area (Å²) in [6.07, 6.45) is 1.09. The van der Waals surface area contributed by atoms with Crippen molar-refractivity contribution >= 4 is 27.7 Å².